The third-order valence-corrected chi connectivity index (χ3v) is 4.64. The molecule has 0 spiro atoms. The highest BCUT2D eigenvalue weighted by Gasteiger charge is 2.24. The first-order valence-corrected chi connectivity index (χ1v) is 8.32. The fourth-order valence-corrected chi connectivity index (χ4v) is 3.23. The van der Waals surface area contributed by atoms with E-state index in [1.54, 1.807) is 4.90 Å². The van der Waals surface area contributed by atoms with Crippen LogP contribution in [-0.2, 0) is 13.0 Å². The van der Waals surface area contributed by atoms with E-state index < -0.39 is 11.6 Å². The Morgan fingerprint density at radius 2 is 2.00 bits per heavy atom. The molecule has 4 nitrogen and oxygen atoms in total. The van der Waals surface area contributed by atoms with Gasteiger partial charge in [-0.15, -0.1) is 0 Å². The third-order valence-electron chi connectivity index (χ3n) is 4.64. The fourth-order valence-electron chi connectivity index (χ4n) is 3.23. The SMILES string of the molecule is CCc1nccn1CC1CCN(C(=O)c2ccc(F)c(F)c2)CC1. The number of benzene rings is 1. The van der Waals surface area contributed by atoms with E-state index in [9.17, 15) is 13.6 Å². The molecule has 0 N–H and O–H groups in total. The van der Waals surface area contributed by atoms with Gasteiger partial charge in [0.1, 0.15) is 5.82 Å². The topological polar surface area (TPSA) is 38.1 Å². The number of aromatic nitrogens is 2. The molecule has 1 amide bonds. The Hall–Kier alpha value is -2.24. The number of hydrogen-bond donors (Lipinski definition) is 0. The van der Waals surface area contributed by atoms with Crippen molar-refractivity contribution in [2.24, 2.45) is 5.92 Å². The Kier molecular flexibility index (Phi) is 4.92. The van der Waals surface area contributed by atoms with Crippen molar-refractivity contribution in [2.45, 2.75) is 32.7 Å². The number of carbonyl (C=O) groups excluding carboxylic acids is 1. The van der Waals surface area contributed by atoms with Crippen molar-refractivity contribution in [1.29, 1.82) is 0 Å². The number of carbonyl (C=O) groups is 1. The van der Waals surface area contributed by atoms with E-state index in [-0.39, 0.29) is 11.5 Å². The molecule has 1 aromatic heterocycles. The van der Waals surface area contributed by atoms with Crippen molar-refractivity contribution < 1.29 is 13.6 Å². The highest BCUT2D eigenvalue weighted by Crippen LogP contribution is 2.22. The van der Waals surface area contributed by atoms with Gasteiger partial charge in [-0.25, -0.2) is 13.8 Å². The smallest absolute Gasteiger partial charge is 0.253 e. The minimum absolute atomic E-state index is 0.204. The molecular formula is C18H21F2N3O. The standard InChI is InChI=1S/C18H21F2N3O/c1-2-17-21-7-10-23(17)12-13-5-8-22(9-6-13)18(24)14-3-4-15(19)16(20)11-14/h3-4,7,10-11,13H,2,5-6,8-9,12H2,1H3. The Morgan fingerprint density at radius 3 is 2.67 bits per heavy atom. The zero-order valence-corrected chi connectivity index (χ0v) is 13.7. The summed E-state index contributed by atoms with van der Waals surface area (Å²) < 4.78 is 28.5. The number of aryl methyl sites for hydroxylation is 1. The maximum Gasteiger partial charge on any atom is 0.253 e. The highest BCUT2D eigenvalue weighted by molar-refractivity contribution is 5.94. The van der Waals surface area contributed by atoms with Crippen molar-refractivity contribution >= 4 is 5.91 Å². The summed E-state index contributed by atoms with van der Waals surface area (Å²) in [5.74, 6) is -0.571. The monoisotopic (exact) mass is 333 g/mol. The molecule has 128 valence electrons. The van der Waals surface area contributed by atoms with Gasteiger partial charge in [-0.05, 0) is 37.0 Å². The summed E-state index contributed by atoms with van der Waals surface area (Å²) in [4.78, 5) is 18.5. The number of amides is 1. The third kappa shape index (κ3) is 3.47. The summed E-state index contributed by atoms with van der Waals surface area (Å²) in [6, 6.07) is 3.31. The largest absolute Gasteiger partial charge is 0.339 e. The van der Waals surface area contributed by atoms with E-state index in [0.29, 0.717) is 19.0 Å². The van der Waals surface area contributed by atoms with Gasteiger partial charge in [0.25, 0.3) is 5.91 Å². The Balaban J connectivity index is 1.58. The average Bonchev–Trinajstić information content (AvgIpc) is 3.04. The van der Waals surface area contributed by atoms with Crippen molar-refractivity contribution in [3.8, 4) is 0 Å². The first kappa shape index (κ1) is 16.6. The lowest BCUT2D eigenvalue weighted by Gasteiger charge is -2.32. The second kappa shape index (κ2) is 7.11. The number of likely N-dealkylation sites (tertiary alicyclic amines) is 1. The Bertz CT molecular complexity index is 721. The van der Waals surface area contributed by atoms with E-state index >= 15 is 0 Å². The number of piperidine rings is 1. The second-order valence-electron chi connectivity index (χ2n) is 6.21. The number of rotatable bonds is 4. The van der Waals surface area contributed by atoms with Crippen LogP contribution in [0.2, 0.25) is 0 Å². The minimum atomic E-state index is -0.983. The van der Waals surface area contributed by atoms with Gasteiger partial charge < -0.3 is 9.47 Å². The summed E-state index contributed by atoms with van der Waals surface area (Å²) in [6.07, 6.45) is 6.52. The van der Waals surface area contributed by atoms with E-state index in [0.717, 1.165) is 43.8 Å². The van der Waals surface area contributed by atoms with Crippen LogP contribution in [0.4, 0.5) is 8.78 Å². The van der Waals surface area contributed by atoms with E-state index in [4.69, 9.17) is 0 Å². The summed E-state index contributed by atoms with van der Waals surface area (Å²) in [5, 5.41) is 0. The summed E-state index contributed by atoms with van der Waals surface area (Å²) >= 11 is 0. The lowest BCUT2D eigenvalue weighted by atomic mass is 9.96. The zero-order chi connectivity index (χ0) is 17.1. The zero-order valence-electron chi connectivity index (χ0n) is 13.7. The minimum Gasteiger partial charge on any atom is -0.339 e. The van der Waals surface area contributed by atoms with Crippen molar-refractivity contribution in [3.63, 3.8) is 0 Å². The fraction of sp³-hybridized carbons (Fsp3) is 0.444. The molecule has 0 bridgehead atoms. The van der Waals surface area contributed by atoms with E-state index in [2.05, 4.69) is 16.5 Å². The van der Waals surface area contributed by atoms with Gasteiger partial charge in [-0.3, -0.25) is 4.79 Å². The number of halogens is 2. The van der Waals surface area contributed by atoms with Crippen LogP contribution in [0.5, 0.6) is 0 Å². The summed E-state index contributed by atoms with van der Waals surface area (Å²) in [6.45, 7) is 4.27. The van der Waals surface area contributed by atoms with Gasteiger partial charge in [-0.2, -0.15) is 0 Å². The Labute approximate surface area is 140 Å². The van der Waals surface area contributed by atoms with E-state index in [1.165, 1.54) is 6.07 Å². The molecule has 0 saturated carbocycles. The number of imidazole rings is 1. The molecule has 2 heterocycles. The molecule has 1 saturated heterocycles. The first-order valence-electron chi connectivity index (χ1n) is 8.32. The summed E-state index contributed by atoms with van der Waals surface area (Å²) in [5.41, 5.74) is 0.204. The molecule has 0 aliphatic carbocycles. The van der Waals surface area contributed by atoms with Crippen LogP contribution < -0.4 is 0 Å². The molecule has 24 heavy (non-hydrogen) atoms. The van der Waals surface area contributed by atoms with Gasteiger partial charge in [0.05, 0.1) is 0 Å². The van der Waals surface area contributed by atoms with Crippen LogP contribution in [-0.4, -0.2) is 33.4 Å². The predicted octanol–water partition coefficient (Wildman–Crippen LogP) is 3.28. The molecular weight excluding hydrogens is 312 g/mol. The van der Waals surface area contributed by atoms with Crippen molar-refractivity contribution in [1.82, 2.24) is 14.5 Å². The van der Waals surface area contributed by atoms with Gasteiger partial charge in [-0.1, -0.05) is 6.92 Å². The molecule has 1 fully saturated rings. The lowest BCUT2D eigenvalue weighted by Crippen LogP contribution is -2.39. The molecule has 0 atom stereocenters. The predicted molar refractivity (Wildman–Crippen MR) is 86.6 cm³/mol. The number of hydrogen-bond acceptors (Lipinski definition) is 2. The van der Waals surface area contributed by atoms with Crippen LogP contribution in [0.15, 0.2) is 30.6 Å². The van der Waals surface area contributed by atoms with Crippen LogP contribution in [0, 0.1) is 17.6 Å². The number of nitrogens with zero attached hydrogens (tertiary/aromatic N) is 3. The van der Waals surface area contributed by atoms with Gasteiger partial charge >= 0.3 is 0 Å². The van der Waals surface area contributed by atoms with Crippen LogP contribution in [0.1, 0.15) is 35.9 Å². The highest BCUT2D eigenvalue weighted by atomic mass is 19.2. The summed E-state index contributed by atoms with van der Waals surface area (Å²) in [7, 11) is 0. The van der Waals surface area contributed by atoms with Gasteiger partial charge in [0.15, 0.2) is 11.6 Å². The molecule has 3 rings (SSSR count). The molecule has 1 aromatic carbocycles. The molecule has 0 radical (unpaired) electrons. The maximum atomic E-state index is 13.3. The van der Waals surface area contributed by atoms with E-state index in [1.807, 2.05) is 12.4 Å². The second-order valence-corrected chi connectivity index (χ2v) is 6.21. The molecule has 2 aromatic rings. The quantitative estimate of drug-likeness (QED) is 0.861. The average molecular weight is 333 g/mol. The Morgan fingerprint density at radius 1 is 1.25 bits per heavy atom. The van der Waals surface area contributed by atoms with Crippen LogP contribution >= 0.6 is 0 Å². The van der Waals surface area contributed by atoms with Crippen LogP contribution in [0.3, 0.4) is 0 Å². The normalized spacial score (nSPS) is 15.7. The maximum absolute atomic E-state index is 13.3. The lowest BCUT2D eigenvalue weighted by molar-refractivity contribution is 0.0682. The first-order chi connectivity index (χ1) is 11.6. The molecule has 1 aliphatic heterocycles. The molecule has 1 aliphatic rings. The van der Waals surface area contributed by atoms with Crippen molar-refractivity contribution in [2.75, 3.05) is 13.1 Å². The van der Waals surface area contributed by atoms with Gasteiger partial charge in [0, 0.05) is 44.0 Å². The van der Waals surface area contributed by atoms with Crippen molar-refractivity contribution in [3.05, 3.63) is 53.6 Å². The van der Waals surface area contributed by atoms with Gasteiger partial charge in [0.2, 0.25) is 0 Å². The van der Waals surface area contributed by atoms with Crippen LogP contribution in [0.25, 0.3) is 0 Å². The molecule has 6 heteroatoms. The molecule has 0 unspecified atom stereocenters.